The van der Waals surface area contributed by atoms with Crippen molar-refractivity contribution in [2.45, 2.75) is 0 Å². The van der Waals surface area contributed by atoms with Gasteiger partial charge in [0.25, 0.3) is 11.8 Å². The maximum Gasteiger partial charge on any atom is 0.291 e. The van der Waals surface area contributed by atoms with Gasteiger partial charge in [0.05, 0.1) is 11.3 Å². The minimum absolute atomic E-state index is 0.141. The molecule has 120 valence electrons. The van der Waals surface area contributed by atoms with Crippen molar-refractivity contribution in [3.05, 3.63) is 76.8 Å². The van der Waals surface area contributed by atoms with Gasteiger partial charge in [-0.2, -0.15) is 0 Å². The first-order valence-corrected chi connectivity index (χ1v) is 7.81. The van der Waals surface area contributed by atoms with Crippen molar-refractivity contribution in [2.24, 2.45) is 0 Å². The number of nitrogens with zero attached hydrogens (tertiary/aromatic N) is 1. The Morgan fingerprint density at radius 2 is 1.71 bits per heavy atom. The molecule has 1 aromatic carbocycles. The largest absolute Gasteiger partial charge is 0.444 e. The first-order valence-electron chi connectivity index (χ1n) is 7.01. The normalized spacial score (nSPS) is 10.2. The highest BCUT2D eigenvalue weighted by molar-refractivity contribution is 9.10. The lowest BCUT2D eigenvalue weighted by atomic mass is 10.1. The summed E-state index contributed by atoms with van der Waals surface area (Å²) in [5.74, 6) is -0.246. The van der Waals surface area contributed by atoms with Gasteiger partial charge in [0.15, 0.2) is 10.4 Å². The molecule has 2 heterocycles. The minimum atomic E-state index is -0.446. The number of hydrogen-bond acceptors (Lipinski definition) is 4. The van der Waals surface area contributed by atoms with Crippen molar-refractivity contribution in [3.63, 3.8) is 0 Å². The maximum atomic E-state index is 12.4. The summed E-state index contributed by atoms with van der Waals surface area (Å²) >= 11 is 3.14. The van der Waals surface area contributed by atoms with Crippen LogP contribution in [0.4, 0.5) is 11.5 Å². The van der Waals surface area contributed by atoms with Crippen LogP contribution < -0.4 is 10.6 Å². The lowest BCUT2D eigenvalue weighted by molar-refractivity contribution is 0.0995. The Morgan fingerprint density at radius 3 is 2.42 bits per heavy atom. The zero-order chi connectivity index (χ0) is 16.9. The average molecular weight is 386 g/mol. The molecule has 0 fully saturated rings. The molecule has 0 unspecified atom stereocenters. The SMILES string of the molecule is O=C(Nc1ccccc1C(=O)Nc1ccccn1)c1ccc(Br)o1. The third-order valence-electron chi connectivity index (χ3n) is 3.12. The van der Waals surface area contributed by atoms with E-state index in [1.807, 2.05) is 0 Å². The summed E-state index contributed by atoms with van der Waals surface area (Å²) in [6, 6.07) is 15.1. The molecule has 2 N–H and O–H groups in total. The second-order valence-electron chi connectivity index (χ2n) is 4.77. The first kappa shape index (κ1) is 15.9. The minimum Gasteiger partial charge on any atom is -0.444 e. The molecule has 0 saturated heterocycles. The molecule has 0 aliphatic heterocycles. The van der Waals surface area contributed by atoms with Crippen LogP contribution in [0.1, 0.15) is 20.9 Å². The topological polar surface area (TPSA) is 84.2 Å². The summed E-state index contributed by atoms with van der Waals surface area (Å²) in [6.45, 7) is 0. The Bertz CT molecular complexity index is 878. The fourth-order valence-electron chi connectivity index (χ4n) is 2.03. The standard InChI is InChI=1S/C17H12BrN3O3/c18-14-9-8-13(24-14)17(23)20-12-6-2-1-5-11(12)16(22)21-15-7-3-4-10-19-15/h1-10H,(H,20,23)(H,19,21,22). The molecule has 3 rings (SSSR count). The number of nitrogens with one attached hydrogen (secondary N) is 2. The van der Waals surface area contributed by atoms with Crippen molar-refractivity contribution in [1.29, 1.82) is 0 Å². The van der Waals surface area contributed by atoms with Crippen LogP contribution in [0.15, 0.2) is 69.9 Å². The lowest BCUT2D eigenvalue weighted by Gasteiger charge is -2.10. The fraction of sp³-hybridized carbons (Fsp3) is 0. The number of pyridine rings is 1. The monoisotopic (exact) mass is 385 g/mol. The highest BCUT2D eigenvalue weighted by atomic mass is 79.9. The van der Waals surface area contributed by atoms with Crippen molar-refractivity contribution >= 4 is 39.2 Å². The third-order valence-corrected chi connectivity index (χ3v) is 3.55. The zero-order valence-corrected chi connectivity index (χ0v) is 13.9. The Labute approximate surface area is 146 Å². The van der Waals surface area contributed by atoms with E-state index < -0.39 is 5.91 Å². The van der Waals surface area contributed by atoms with Gasteiger partial charge >= 0.3 is 0 Å². The van der Waals surface area contributed by atoms with Gasteiger partial charge in [0.1, 0.15) is 5.82 Å². The summed E-state index contributed by atoms with van der Waals surface area (Å²) in [7, 11) is 0. The number of amides is 2. The van der Waals surface area contributed by atoms with E-state index in [9.17, 15) is 9.59 Å². The molecule has 6 nitrogen and oxygen atoms in total. The van der Waals surface area contributed by atoms with Crippen LogP contribution in [-0.2, 0) is 0 Å². The second kappa shape index (κ2) is 7.10. The third kappa shape index (κ3) is 3.69. The van der Waals surface area contributed by atoms with Gasteiger partial charge < -0.3 is 15.1 Å². The molecule has 0 atom stereocenters. The summed E-state index contributed by atoms with van der Waals surface area (Å²) in [4.78, 5) is 28.7. The van der Waals surface area contributed by atoms with E-state index in [0.29, 0.717) is 21.7 Å². The summed E-state index contributed by atoms with van der Waals surface area (Å²) < 4.78 is 5.66. The number of anilines is 2. The average Bonchev–Trinajstić information content (AvgIpc) is 3.03. The van der Waals surface area contributed by atoms with Crippen LogP contribution in [0, 0.1) is 0 Å². The number of carbonyl (C=O) groups is 2. The number of furan rings is 1. The van der Waals surface area contributed by atoms with E-state index >= 15 is 0 Å². The van der Waals surface area contributed by atoms with Crippen LogP contribution in [-0.4, -0.2) is 16.8 Å². The second-order valence-corrected chi connectivity index (χ2v) is 5.55. The van der Waals surface area contributed by atoms with E-state index in [0.717, 1.165) is 0 Å². The van der Waals surface area contributed by atoms with Gasteiger partial charge in [-0.05, 0) is 52.3 Å². The van der Waals surface area contributed by atoms with E-state index in [-0.39, 0.29) is 11.7 Å². The molecule has 7 heteroatoms. The van der Waals surface area contributed by atoms with Gasteiger partial charge in [0, 0.05) is 6.20 Å². The molecule has 0 bridgehead atoms. The van der Waals surface area contributed by atoms with Crippen molar-refractivity contribution < 1.29 is 14.0 Å². The van der Waals surface area contributed by atoms with E-state index in [2.05, 4.69) is 31.5 Å². The molecule has 0 saturated carbocycles. The predicted molar refractivity (Wildman–Crippen MR) is 93.0 cm³/mol. The number of rotatable bonds is 4. The zero-order valence-electron chi connectivity index (χ0n) is 12.3. The lowest BCUT2D eigenvalue weighted by Crippen LogP contribution is -2.18. The number of aromatic nitrogens is 1. The number of halogens is 1. The van der Waals surface area contributed by atoms with Crippen LogP contribution in [0.3, 0.4) is 0 Å². The highest BCUT2D eigenvalue weighted by Crippen LogP contribution is 2.19. The van der Waals surface area contributed by atoms with Gasteiger partial charge in [-0.1, -0.05) is 18.2 Å². The van der Waals surface area contributed by atoms with Crippen molar-refractivity contribution in [1.82, 2.24) is 4.98 Å². The Morgan fingerprint density at radius 1 is 0.917 bits per heavy atom. The molecule has 2 aromatic heterocycles. The molecule has 24 heavy (non-hydrogen) atoms. The number of hydrogen-bond donors (Lipinski definition) is 2. The predicted octanol–water partition coefficient (Wildman–Crippen LogP) is 3.94. The Hall–Kier alpha value is -2.93. The molecular formula is C17H12BrN3O3. The molecular weight excluding hydrogens is 374 g/mol. The smallest absolute Gasteiger partial charge is 0.291 e. The van der Waals surface area contributed by atoms with Crippen molar-refractivity contribution in [2.75, 3.05) is 10.6 Å². The number of para-hydroxylation sites is 1. The maximum absolute atomic E-state index is 12.4. The summed E-state index contributed by atoms with van der Waals surface area (Å²) in [5.41, 5.74) is 0.700. The van der Waals surface area contributed by atoms with E-state index in [1.165, 1.54) is 6.07 Å². The van der Waals surface area contributed by atoms with Crippen LogP contribution in [0.25, 0.3) is 0 Å². The molecule has 0 aliphatic rings. The summed E-state index contributed by atoms with van der Waals surface area (Å²) in [5, 5.41) is 5.36. The van der Waals surface area contributed by atoms with E-state index in [1.54, 1.807) is 54.7 Å². The molecule has 0 aliphatic carbocycles. The first-order chi connectivity index (χ1) is 11.6. The van der Waals surface area contributed by atoms with E-state index in [4.69, 9.17) is 4.42 Å². The Balaban J connectivity index is 1.80. The van der Waals surface area contributed by atoms with Crippen molar-refractivity contribution in [3.8, 4) is 0 Å². The molecule has 2 amide bonds. The van der Waals surface area contributed by atoms with Crippen LogP contribution in [0.5, 0.6) is 0 Å². The van der Waals surface area contributed by atoms with Gasteiger partial charge in [0.2, 0.25) is 0 Å². The number of benzene rings is 1. The van der Waals surface area contributed by atoms with Gasteiger partial charge in [-0.15, -0.1) is 0 Å². The quantitative estimate of drug-likeness (QED) is 0.712. The Kier molecular flexibility index (Phi) is 4.72. The molecule has 0 radical (unpaired) electrons. The summed E-state index contributed by atoms with van der Waals surface area (Å²) in [6.07, 6.45) is 1.58. The number of carbonyl (C=O) groups excluding carboxylic acids is 2. The van der Waals surface area contributed by atoms with Gasteiger partial charge in [-0.25, -0.2) is 4.98 Å². The van der Waals surface area contributed by atoms with Crippen LogP contribution in [0.2, 0.25) is 0 Å². The fourth-order valence-corrected chi connectivity index (χ4v) is 2.34. The molecule has 0 spiro atoms. The molecule has 3 aromatic rings. The highest BCUT2D eigenvalue weighted by Gasteiger charge is 2.16. The van der Waals surface area contributed by atoms with Gasteiger partial charge in [-0.3, -0.25) is 9.59 Å². The van der Waals surface area contributed by atoms with Crippen LogP contribution >= 0.6 is 15.9 Å².